The molecule has 1 N–H and O–H groups in total. The van der Waals surface area contributed by atoms with E-state index < -0.39 is 0 Å². The number of benzene rings is 1. The molecular weight excluding hydrogens is 343 g/mol. The van der Waals surface area contributed by atoms with E-state index in [-0.39, 0.29) is 17.3 Å². The van der Waals surface area contributed by atoms with Gasteiger partial charge in [0.25, 0.3) is 5.56 Å². The van der Waals surface area contributed by atoms with Crippen LogP contribution in [0.5, 0.6) is 0 Å². The Balaban J connectivity index is 1.47. The number of halogens is 1. The Morgan fingerprint density at radius 2 is 1.96 bits per heavy atom. The zero-order valence-electron chi connectivity index (χ0n) is 16.1. The summed E-state index contributed by atoms with van der Waals surface area (Å²) in [5.41, 5.74) is 3.71. The molecule has 5 nitrogen and oxygen atoms in total. The molecule has 1 aromatic heterocycles. The largest absolute Gasteiger partial charge is 0.369 e. The SMILES string of the molecule is Cc1nc(C2CCN(Cc3cc(F)c(N4CCCC4)cc3C)C2)cc(=O)[nH]1. The molecule has 2 fully saturated rings. The molecule has 2 aliphatic heterocycles. The number of nitrogens with zero attached hydrogens (tertiary/aromatic N) is 3. The third-order valence-electron chi connectivity index (χ3n) is 5.82. The average molecular weight is 370 g/mol. The van der Waals surface area contributed by atoms with Crippen LogP contribution in [0, 0.1) is 19.7 Å². The molecule has 2 saturated heterocycles. The number of aromatic nitrogens is 2. The second kappa shape index (κ2) is 7.43. The van der Waals surface area contributed by atoms with Gasteiger partial charge in [-0.2, -0.15) is 0 Å². The number of hydrogen-bond donors (Lipinski definition) is 1. The van der Waals surface area contributed by atoms with Gasteiger partial charge < -0.3 is 9.88 Å². The van der Waals surface area contributed by atoms with E-state index in [2.05, 4.69) is 26.7 Å². The summed E-state index contributed by atoms with van der Waals surface area (Å²) in [4.78, 5) is 23.4. The lowest BCUT2D eigenvalue weighted by Crippen LogP contribution is -2.22. The van der Waals surface area contributed by atoms with Crippen molar-refractivity contribution < 1.29 is 4.39 Å². The fourth-order valence-electron chi connectivity index (χ4n) is 4.35. The fraction of sp³-hybridized carbons (Fsp3) is 0.524. The van der Waals surface area contributed by atoms with E-state index >= 15 is 0 Å². The predicted octanol–water partition coefficient (Wildman–Crippen LogP) is 3.12. The molecule has 0 spiro atoms. The first-order chi connectivity index (χ1) is 13.0. The van der Waals surface area contributed by atoms with E-state index in [9.17, 15) is 9.18 Å². The predicted molar refractivity (Wildman–Crippen MR) is 105 cm³/mol. The summed E-state index contributed by atoms with van der Waals surface area (Å²) in [5.74, 6) is 0.812. The molecule has 144 valence electrons. The molecule has 0 amide bonds. The molecule has 2 aliphatic rings. The van der Waals surface area contributed by atoms with E-state index in [1.165, 1.54) is 0 Å². The van der Waals surface area contributed by atoms with E-state index in [1.54, 1.807) is 12.1 Å². The summed E-state index contributed by atoms with van der Waals surface area (Å²) in [6.07, 6.45) is 3.26. The maximum Gasteiger partial charge on any atom is 0.251 e. The van der Waals surface area contributed by atoms with Crippen molar-refractivity contribution >= 4 is 5.69 Å². The molecule has 1 unspecified atom stereocenters. The highest BCUT2D eigenvalue weighted by Crippen LogP contribution is 2.30. The molecule has 0 saturated carbocycles. The monoisotopic (exact) mass is 370 g/mol. The molecule has 0 radical (unpaired) electrons. The third-order valence-corrected chi connectivity index (χ3v) is 5.82. The van der Waals surface area contributed by atoms with E-state index in [0.717, 1.165) is 74.5 Å². The van der Waals surface area contributed by atoms with Gasteiger partial charge in [-0.15, -0.1) is 0 Å². The molecule has 4 rings (SSSR count). The van der Waals surface area contributed by atoms with Crippen molar-refractivity contribution in [3.8, 4) is 0 Å². The third kappa shape index (κ3) is 3.90. The number of likely N-dealkylation sites (tertiary alicyclic amines) is 1. The molecule has 3 heterocycles. The van der Waals surface area contributed by atoms with Gasteiger partial charge in [-0.3, -0.25) is 9.69 Å². The smallest absolute Gasteiger partial charge is 0.251 e. The number of nitrogens with one attached hydrogen (secondary N) is 1. The van der Waals surface area contributed by atoms with Gasteiger partial charge in [0, 0.05) is 38.2 Å². The van der Waals surface area contributed by atoms with Crippen LogP contribution < -0.4 is 10.5 Å². The molecule has 27 heavy (non-hydrogen) atoms. The van der Waals surface area contributed by atoms with Crippen LogP contribution in [0.2, 0.25) is 0 Å². The lowest BCUT2D eigenvalue weighted by molar-refractivity contribution is 0.325. The van der Waals surface area contributed by atoms with Crippen molar-refractivity contribution in [2.45, 2.75) is 45.6 Å². The van der Waals surface area contributed by atoms with Crippen molar-refractivity contribution in [1.29, 1.82) is 0 Å². The normalized spacial score (nSPS) is 20.6. The highest BCUT2D eigenvalue weighted by Gasteiger charge is 2.26. The van der Waals surface area contributed by atoms with Gasteiger partial charge >= 0.3 is 0 Å². The topological polar surface area (TPSA) is 52.2 Å². The van der Waals surface area contributed by atoms with Crippen LogP contribution in [0.25, 0.3) is 0 Å². The average Bonchev–Trinajstić information content (AvgIpc) is 3.29. The van der Waals surface area contributed by atoms with Gasteiger partial charge in [0.1, 0.15) is 11.6 Å². The van der Waals surface area contributed by atoms with Crippen molar-refractivity contribution in [1.82, 2.24) is 14.9 Å². The van der Waals surface area contributed by atoms with E-state index in [1.807, 2.05) is 13.0 Å². The van der Waals surface area contributed by atoms with E-state index in [0.29, 0.717) is 5.82 Å². The molecule has 0 bridgehead atoms. The molecule has 1 atom stereocenters. The minimum absolute atomic E-state index is 0.0913. The maximum atomic E-state index is 14.7. The van der Waals surface area contributed by atoms with Crippen molar-refractivity contribution in [2.75, 3.05) is 31.1 Å². The number of hydrogen-bond acceptors (Lipinski definition) is 4. The van der Waals surface area contributed by atoms with Gasteiger partial charge in [0.05, 0.1) is 11.4 Å². The molecule has 2 aromatic rings. The maximum absolute atomic E-state index is 14.7. The van der Waals surface area contributed by atoms with Crippen LogP contribution in [0.4, 0.5) is 10.1 Å². The van der Waals surface area contributed by atoms with Gasteiger partial charge in [-0.25, -0.2) is 9.37 Å². The molecule has 0 aliphatic carbocycles. The van der Waals surface area contributed by atoms with Crippen LogP contribution in [0.15, 0.2) is 23.0 Å². The van der Waals surface area contributed by atoms with Gasteiger partial charge in [0.15, 0.2) is 0 Å². The minimum atomic E-state index is -0.111. The summed E-state index contributed by atoms with van der Waals surface area (Å²) in [5, 5.41) is 0. The van der Waals surface area contributed by atoms with Crippen molar-refractivity contribution in [3.05, 3.63) is 57.0 Å². The Morgan fingerprint density at radius 1 is 1.19 bits per heavy atom. The summed E-state index contributed by atoms with van der Waals surface area (Å²) in [6.45, 7) is 8.31. The van der Waals surface area contributed by atoms with Crippen LogP contribution >= 0.6 is 0 Å². The zero-order valence-corrected chi connectivity index (χ0v) is 16.1. The summed E-state index contributed by atoms with van der Waals surface area (Å²) in [6, 6.07) is 5.33. The fourth-order valence-corrected chi connectivity index (χ4v) is 4.35. The Hall–Kier alpha value is -2.21. The Kier molecular flexibility index (Phi) is 5.00. The quantitative estimate of drug-likeness (QED) is 0.899. The van der Waals surface area contributed by atoms with Crippen molar-refractivity contribution in [2.24, 2.45) is 0 Å². The van der Waals surface area contributed by atoms with Gasteiger partial charge in [0.2, 0.25) is 0 Å². The van der Waals surface area contributed by atoms with Gasteiger partial charge in [-0.1, -0.05) is 0 Å². The first-order valence-corrected chi connectivity index (χ1v) is 9.84. The lowest BCUT2D eigenvalue weighted by atomic mass is 10.0. The Bertz CT molecular complexity index is 888. The second-order valence-corrected chi connectivity index (χ2v) is 7.90. The standard InChI is InChI=1S/C21H27FN4O/c1-14-9-20(26-6-3-4-7-26)18(22)10-17(14)13-25-8-5-16(12-25)19-11-21(27)24-15(2)23-19/h9-11,16H,3-8,12-13H2,1-2H3,(H,23,24,27). The summed E-state index contributed by atoms with van der Waals surface area (Å²) >= 11 is 0. The minimum Gasteiger partial charge on any atom is -0.369 e. The van der Waals surface area contributed by atoms with Crippen LogP contribution in [-0.2, 0) is 6.54 Å². The number of aryl methyl sites for hydroxylation is 2. The lowest BCUT2D eigenvalue weighted by Gasteiger charge is -2.22. The first-order valence-electron chi connectivity index (χ1n) is 9.84. The van der Waals surface area contributed by atoms with E-state index in [4.69, 9.17) is 0 Å². The first kappa shape index (κ1) is 18.2. The number of rotatable bonds is 4. The molecule has 6 heteroatoms. The van der Waals surface area contributed by atoms with Crippen molar-refractivity contribution in [3.63, 3.8) is 0 Å². The second-order valence-electron chi connectivity index (χ2n) is 7.90. The number of anilines is 1. The molecule has 1 aromatic carbocycles. The summed E-state index contributed by atoms with van der Waals surface area (Å²) in [7, 11) is 0. The van der Waals surface area contributed by atoms with Gasteiger partial charge in [-0.05, 0) is 62.9 Å². The highest BCUT2D eigenvalue weighted by molar-refractivity contribution is 5.52. The number of H-pyrrole nitrogens is 1. The summed E-state index contributed by atoms with van der Waals surface area (Å²) < 4.78 is 14.7. The Labute approximate surface area is 159 Å². The highest BCUT2D eigenvalue weighted by atomic mass is 19.1. The van der Waals surface area contributed by atoms with Crippen LogP contribution in [-0.4, -0.2) is 41.0 Å². The van der Waals surface area contributed by atoms with Crippen LogP contribution in [0.1, 0.15) is 47.8 Å². The zero-order chi connectivity index (χ0) is 19.0. The van der Waals surface area contributed by atoms with Crippen LogP contribution in [0.3, 0.4) is 0 Å². The Morgan fingerprint density at radius 3 is 2.70 bits per heavy atom. The molecular formula is C21H27FN4O. The number of aromatic amines is 1.